The number of nitrogens with zero attached hydrogens (tertiary/aromatic N) is 5. The summed E-state index contributed by atoms with van der Waals surface area (Å²) in [5.74, 6) is 1.16. The fourth-order valence-electron chi connectivity index (χ4n) is 5.51. The van der Waals surface area contributed by atoms with Gasteiger partial charge in [0.25, 0.3) is 0 Å². The number of thiazole rings is 1. The van der Waals surface area contributed by atoms with Gasteiger partial charge >= 0.3 is 0 Å². The van der Waals surface area contributed by atoms with Gasteiger partial charge in [-0.15, -0.1) is 16.4 Å². The first-order chi connectivity index (χ1) is 19.4. The number of aromatic nitrogens is 6. The normalized spacial score (nSPS) is 21.4. The molecule has 40 heavy (non-hydrogen) atoms. The summed E-state index contributed by atoms with van der Waals surface area (Å²) in [5, 5.41) is 30.7. The molecule has 0 aliphatic heterocycles. The van der Waals surface area contributed by atoms with Crippen LogP contribution in [0.3, 0.4) is 0 Å². The van der Waals surface area contributed by atoms with E-state index >= 15 is 0 Å². The van der Waals surface area contributed by atoms with E-state index in [9.17, 15) is 9.50 Å². The second kappa shape index (κ2) is 9.99. The number of aliphatic hydroxyl groups is 1. The molecule has 0 amide bonds. The third-order valence-electron chi connectivity index (χ3n) is 7.91. The highest BCUT2D eigenvalue weighted by Crippen LogP contribution is 2.46. The van der Waals surface area contributed by atoms with E-state index < -0.39 is 11.4 Å². The van der Waals surface area contributed by atoms with Crippen LogP contribution < -0.4 is 0 Å². The second-order valence-corrected chi connectivity index (χ2v) is 12.1. The largest absolute Gasteiger partial charge is 0.383 e. The van der Waals surface area contributed by atoms with Crippen molar-refractivity contribution in [2.24, 2.45) is 0 Å². The number of aromatic amines is 1. The molecule has 9 nitrogen and oxygen atoms in total. The Kier molecular flexibility index (Phi) is 6.42. The molecule has 0 unspecified atom stereocenters. The van der Waals surface area contributed by atoms with Crippen molar-refractivity contribution in [2.45, 2.75) is 69.7 Å². The van der Waals surface area contributed by atoms with Gasteiger partial charge in [0, 0.05) is 22.6 Å². The van der Waals surface area contributed by atoms with E-state index in [0.717, 1.165) is 41.0 Å². The first-order valence-corrected chi connectivity index (χ1v) is 14.5. The quantitative estimate of drug-likeness (QED) is 0.225. The number of hydrogen-bond acceptors (Lipinski definition) is 9. The highest BCUT2D eigenvalue weighted by Gasteiger charge is 2.39. The summed E-state index contributed by atoms with van der Waals surface area (Å²) in [6.45, 7) is 2.38. The Hall–Kier alpha value is -3.25. The molecule has 2 saturated carbocycles. The SMILES string of the molecule is Cc1cccc(Cl)c1-c1noc(C2CC2)c1CO[C@H]1CC[C@](O)(c2nc3c(F)cc(-c4nnn[nH]4)cc3s2)CC1. The van der Waals surface area contributed by atoms with Crippen LogP contribution >= 0.6 is 22.9 Å². The summed E-state index contributed by atoms with van der Waals surface area (Å²) in [4.78, 5) is 4.50. The summed E-state index contributed by atoms with van der Waals surface area (Å²) in [5.41, 5.74) is 3.24. The van der Waals surface area contributed by atoms with Crippen LogP contribution in [0.15, 0.2) is 34.9 Å². The van der Waals surface area contributed by atoms with Gasteiger partial charge in [-0.3, -0.25) is 0 Å². The standard InChI is InChI=1S/C28H26ClFN6O3S/c1-14-3-2-4-19(29)22(14)23-18(25(39-34-23)15-5-6-15)13-38-17-7-9-28(37,10-8-17)27-31-24-20(30)11-16(12-21(24)40-27)26-32-35-36-33-26/h2-4,11-12,15,17,37H,5-10,13H2,1H3,(H,32,33,35,36)/t17-,28+. The molecule has 0 radical (unpaired) electrons. The van der Waals surface area contributed by atoms with E-state index in [1.165, 1.54) is 17.4 Å². The highest BCUT2D eigenvalue weighted by atomic mass is 35.5. The van der Waals surface area contributed by atoms with E-state index in [0.29, 0.717) is 64.3 Å². The van der Waals surface area contributed by atoms with E-state index in [1.807, 2.05) is 25.1 Å². The van der Waals surface area contributed by atoms with Crippen LogP contribution in [0.25, 0.3) is 32.9 Å². The van der Waals surface area contributed by atoms with Crippen molar-refractivity contribution in [2.75, 3.05) is 0 Å². The lowest BCUT2D eigenvalue weighted by Gasteiger charge is -2.34. The Morgan fingerprint density at radius 1 is 1.23 bits per heavy atom. The Labute approximate surface area is 237 Å². The zero-order valence-corrected chi connectivity index (χ0v) is 23.2. The molecule has 2 fully saturated rings. The van der Waals surface area contributed by atoms with Gasteiger partial charge in [0.15, 0.2) is 11.6 Å². The average Bonchev–Trinajstić information content (AvgIpc) is 3.31. The molecule has 7 rings (SSSR count). The summed E-state index contributed by atoms with van der Waals surface area (Å²) >= 11 is 7.86. The Morgan fingerprint density at radius 2 is 2.05 bits per heavy atom. The Balaban J connectivity index is 1.07. The van der Waals surface area contributed by atoms with Crippen LogP contribution in [0.2, 0.25) is 5.02 Å². The third kappa shape index (κ3) is 4.60. The van der Waals surface area contributed by atoms with Gasteiger partial charge in [0.2, 0.25) is 0 Å². The zero-order chi connectivity index (χ0) is 27.4. The van der Waals surface area contributed by atoms with Crippen LogP contribution in [-0.4, -0.2) is 42.0 Å². The van der Waals surface area contributed by atoms with Gasteiger partial charge < -0.3 is 14.4 Å². The smallest absolute Gasteiger partial charge is 0.179 e. The molecule has 0 spiro atoms. The number of hydrogen-bond donors (Lipinski definition) is 2. The third-order valence-corrected chi connectivity index (χ3v) is 9.42. The molecule has 5 aromatic rings. The lowest BCUT2D eigenvalue weighted by Crippen LogP contribution is -2.34. The minimum absolute atomic E-state index is 0.0425. The van der Waals surface area contributed by atoms with Crippen LogP contribution in [0.4, 0.5) is 4.39 Å². The fourth-order valence-corrected chi connectivity index (χ4v) is 6.99. The number of benzene rings is 2. The predicted octanol–water partition coefficient (Wildman–Crippen LogP) is 6.46. The number of H-pyrrole nitrogens is 1. The van der Waals surface area contributed by atoms with Crippen molar-refractivity contribution in [1.29, 1.82) is 0 Å². The van der Waals surface area contributed by atoms with E-state index in [1.54, 1.807) is 6.07 Å². The number of halogens is 2. The van der Waals surface area contributed by atoms with Gasteiger partial charge in [-0.1, -0.05) is 28.9 Å². The number of rotatable bonds is 7. The number of nitrogens with one attached hydrogen (secondary N) is 1. The minimum Gasteiger partial charge on any atom is -0.383 e. The zero-order valence-electron chi connectivity index (χ0n) is 21.7. The predicted molar refractivity (Wildman–Crippen MR) is 147 cm³/mol. The maximum atomic E-state index is 14.9. The van der Waals surface area contributed by atoms with Crippen molar-refractivity contribution >= 4 is 33.2 Å². The van der Waals surface area contributed by atoms with Gasteiger partial charge in [0.05, 0.1) is 22.4 Å². The summed E-state index contributed by atoms with van der Waals surface area (Å²) in [7, 11) is 0. The topological polar surface area (TPSA) is 123 Å². The molecule has 12 heteroatoms. The molecule has 2 aliphatic rings. The molecule has 206 valence electrons. The molecule has 0 atom stereocenters. The number of ether oxygens (including phenoxy) is 1. The lowest BCUT2D eigenvalue weighted by atomic mass is 9.83. The summed E-state index contributed by atoms with van der Waals surface area (Å²) in [6.07, 6.45) is 4.35. The highest BCUT2D eigenvalue weighted by molar-refractivity contribution is 7.18. The van der Waals surface area contributed by atoms with Gasteiger partial charge in [0.1, 0.15) is 27.6 Å². The van der Waals surface area contributed by atoms with Crippen LogP contribution in [-0.2, 0) is 16.9 Å². The molecule has 3 heterocycles. The maximum Gasteiger partial charge on any atom is 0.179 e. The van der Waals surface area contributed by atoms with Crippen molar-refractivity contribution in [3.63, 3.8) is 0 Å². The van der Waals surface area contributed by atoms with Crippen molar-refractivity contribution in [1.82, 2.24) is 30.8 Å². The first kappa shape index (κ1) is 25.7. The average molecular weight is 581 g/mol. The van der Waals surface area contributed by atoms with Crippen LogP contribution in [0.5, 0.6) is 0 Å². The fraction of sp³-hybridized carbons (Fsp3) is 0.393. The molecule has 3 aromatic heterocycles. The number of fused-ring (bicyclic) bond motifs is 1. The number of aryl methyl sites for hydroxylation is 1. The second-order valence-electron chi connectivity index (χ2n) is 10.7. The Bertz CT molecular complexity index is 1670. The van der Waals surface area contributed by atoms with E-state index in [2.05, 4.69) is 30.8 Å². The minimum atomic E-state index is -1.14. The van der Waals surface area contributed by atoms with E-state index in [4.69, 9.17) is 20.9 Å². The number of tetrazole rings is 1. The van der Waals surface area contributed by atoms with Gasteiger partial charge in [-0.25, -0.2) is 14.5 Å². The first-order valence-electron chi connectivity index (χ1n) is 13.3. The van der Waals surface area contributed by atoms with Gasteiger partial charge in [-0.2, -0.15) is 0 Å². The van der Waals surface area contributed by atoms with E-state index in [-0.39, 0.29) is 11.6 Å². The van der Waals surface area contributed by atoms with Crippen molar-refractivity contribution in [3.05, 3.63) is 63.1 Å². The van der Waals surface area contributed by atoms with Crippen LogP contribution in [0.1, 0.15) is 66.3 Å². The molecule has 2 aliphatic carbocycles. The van der Waals surface area contributed by atoms with Crippen LogP contribution in [0, 0.1) is 12.7 Å². The lowest BCUT2D eigenvalue weighted by molar-refractivity contribution is -0.0641. The Morgan fingerprint density at radius 3 is 2.77 bits per heavy atom. The summed E-state index contributed by atoms with van der Waals surface area (Å²) < 4.78 is 27.7. The van der Waals surface area contributed by atoms with Crippen molar-refractivity contribution < 1.29 is 18.8 Å². The molecule has 2 aromatic carbocycles. The van der Waals surface area contributed by atoms with Gasteiger partial charge in [-0.05, 0) is 79.6 Å². The maximum absolute atomic E-state index is 14.9. The molecular formula is C28H26ClFN6O3S. The molecule has 0 saturated heterocycles. The molecule has 2 N–H and O–H groups in total. The summed E-state index contributed by atoms with van der Waals surface area (Å²) in [6, 6.07) is 8.94. The van der Waals surface area contributed by atoms with Crippen molar-refractivity contribution in [3.8, 4) is 22.6 Å². The molecular weight excluding hydrogens is 555 g/mol. The molecule has 0 bridgehead atoms. The monoisotopic (exact) mass is 580 g/mol.